The monoisotopic (exact) mass is 376 g/mol. The van der Waals surface area contributed by atoms with Crippen LogP contribution in [0.1, 0.15) is 17.5 Å². The van der Waals surface area contributed by atoms with Gasteiger partial charge in [0.25, 0.3) is 0 Å². The van der Waals surface area contributed by atoms with Crippen LogP contribution >= 0.6 is 0 Å². The molecule has 3 rings (SSSR count). The van der Waals surface area contributed by atoms with Crippen LogP contribution in [0.4, 0.5) is 0 Å². The molecule has 0 aromatic heterocycles. The lowest BCUT2D eigenvalue weighted by Crippen LogP contribution is -2.21. The Hall–Kier alpha value is -3.11. The van der Waals surface area contributed by atoms with E-state index in [-0.39, 0.29) is 6.42 Å². The molecule has 0 saturated carbocycles. The van der Waals surface area contributed by atoms with Crippen molar-refractivity contribution < 1.29 is 19.7 Å². The zero-order valence-corrected chi connectivity index (χ0v) is 15.6. The molecule has 0 fully saturated rings. The van der Waals surface area contributed by atoms with Gasteiger partial charge in [-0.3, -0.25) is 0 Å². The Labute approximate surface area is 165 Å². The zero-order valence-electron chi connectivity index (χ0n) is 15.6. The summed E-state index contributed by atoms with van der Waals surface area (Å²) in [5.41, 5.74) is 4.33. The Kier molecular flexibility index (Phi) is 6.82. The molecule has 0 unspecified atom stereocenters. The van der Waals surface area contributed by atoms with Gasteiger partial charge < -0.3 is 14.9 Å². The summed E-state index contributed by atoms with van der Waals surface area (Å²) >= 11 is 0. The van der Waals surface area contributed by atoms with Gasteiger partial charge in [0.15, 0.2) is 6.10 Å². The van der Waals surface area contributed by atoms with Gasteiger partial charge in [-0.2, -0.15) is 0 Å². The second-order valence-corrected chi connectivity index (χ2v) is 6.72. The third kappa shape index (κ3) is 5.69. The molecule has 0 bridgehead atoms. The van der Waals surface area contributed by atoms with E-state index in [4.69, 9.17) is 9.84 Å². The van der Waals surface area contributed by atoms with Gasteiger partial charge in [-0.1, -0.05) is 66.7 Å². The van der Waals surface area contributed by atoms with Gasteiger partial charge >= 0.3 is 5.97 Å². The first-order valence-corrected chi connectivity index (χ1v) is 9.39. The SMILES string of the molecule is O=C(O)[C@@H](O)Cc1ccc(CCCOc2ccc(-c3ccccc3)cc2)cc1. The Morgan fingerprint density at radius 3 is 2.07 bits per heavy atom. The molecular formula is C24H24O4. The van der Waals surface area contributed by atoms with Crippen molar-refractivity contribution in [2.75, 3.05) is 6.61 Å². The topological polar surface area (TPSA) is 66.8 Å². The molecule has 0 amide bonds. The van der Waals surface area contributed by atoms with Gasteiger partial charge in [0, 0.05) is 6.42 Å². The van der Waals surface area contributed by atoms with Crippen LogP contribution in [0.25, 0.3) is 11.1 Å². The molecule has 0 spiro atoms. The maximum atomic E-state index is 10.7. The molecule has 0 saturated heterocycles. The molecular weight excluding hydrogens is 352 g/mol. The number of rotatable bonds is 9. The fraction of sp³-hybridized carbons (Fsp3) is 0.208. The fourth-order valence-corrected chi connectivity index (χ4v) is 2.99. The second kappa shape index (κ2) is 9.72. The van der Waals surface area contributed by atoms with E-state index >= 15 is 0 Å². The minimum absolute atomic E-state index is 0.123. The summed E-state index contributed by atoms with van der Waals surface area (Å²) in [6.45, 7) is 0.629. The number of aryl methyl sites for hydroxylation is 1. The van der Waals surface area contributed by atoms with Crippen molar-refractivity contribution in [3.05, 3.63) is 90.0 Å². The van der Waals surface area contributed by atoms with Crippen molar-refractivity contribution in [1.82, 2.24) is 0 Å². The third-order valence-electron chi connectivity index (χ3n) is 4.58. The molecule has 0 radical (unpaired) electrons. The lowest BCUT2D eigenvalue weighted by atomic mass is 10.0. The minimum atomic E-state index is -1.35. The summed E-state index contributed by atoms with van der Waals surface area (Å²) in [7, 11) is 0. The second-order valence-electron chi connectivity index (χ2n) is 6.72. The number of carboxylic acids is 1. The fourth-order valence-electron chi connectivity index (χ4n) is 2.99. The van der Waals surface area contributed by atoms with Crippen LogP contribution in [0.2, 0.25) is 0 Å². The first-order valence-electron chi connectivity index (χ1n) is 9.39. The number of aliphatic hydroxyl groups is 1. The predicted molar refractivity (Wildman–Crippen MR) is 109 cm³/mol. The van der Waals surface area contributed by atoms with Crippen LogP contribution in [-0.4, -0.2) is 28.9 Å². The lowest BCUT2D eigenvalue weighted by molar-refractivity contribution is -0.146. The van der Waals surface area contributed by atoms with E-state index in [0.29, 0.717) is 6.61 Å². The lowest BCUT2D eigenvalue weighted by Gasteiger charge is -2.09. The summed E-state index contributed by atoms with van der Waals surface area (Å²) in [5.74, 6) is -0.337. The van der Waals surface area contributed by atoms with Gasteiger partial charge in [-0.25, -0.2) is 4.79 Å². The highest BCUT2D eigenvalue weighted by molar-refractivity contribution is 5.72. The number of benzene rings is 3. The standard InChI is InChI=1S/C24H24O4/c25-23(24(26)27)17-19-10-8-18(9-11-19)5-4-16-28-22-14-12-21(13-15-22)20-6-2-1-3-7-20/h1-3,6-15,23,25H,4-5,16-17H2,(H,26,27)/t23-/m0/s1. The van der Waals surface area contributed by atoms with Gasteiger partial charge in [-0.15, -0.1) is 0 Å². The number of hydrogen-bond acceptors (Lipinski definition) is 3. The smallest absolute Gasteiger partial charge is 0.332 e. The predicted octanol–water partition coefficient (Wildman–Crippen LogP) is 4.35. The van der Waals surface area contributed by atoms with E-state index in [1.165, 1.54) is 11.1 Å². The summed E-state index contributed by atoms with van der Waals surface area (Å²) in [6.07, 6.45) is 0.534. The molecule has 144 valence electrons. The maximum Gasteiger partial charge on any atom is 0.332 e. The summed E-state index contributed by atoms with van der Waals surface area (Å²) in [4.78, 5) is 10.7. The average molecular weight is 376 g/mol. The number of aliphatic carboxylic acids is 1. The van der Waals surface area contributed by atoms with Gasteiger partial charge in [0.2, 0.25) is 0 Å². The molecule has 3 aromatic rings. The Morgan fingerprint density at radius 1 is 0.821 bits per heavy atom. The van der Waals surface area contributed by atoms with E-state index in [1.54, 1.807) is 0 Å². The molecule has 2 N–H and O–H groups in total. The van der Waals surface area contributed by atoms with Gasteiger partial charge in [0.05, 0.1) is 6.61 Å². The summed E-state index contributed by atoms with van der Waals surface area (Å²) < 4.78 is 5.82. The molecule has 4 heteroatoms. The summed E-state index contributed by atoms with van der Waals surface area (Å²) in [5, 5.41) is 18.1. The Morgan fingerprint density at radius 2 is 1.43 bits per heavy atom. The number of hydrogen-bond donors (Lipinski definition) is 2. The van der Waals surface area contributed by atoms with Gasteiger partial charge in [0.1, 0.15) is 5.75 Å². The summed E-state index contributed by atoms with van der Waals surface area (Å²) in [6, 6.07) is 26.0. The molecule has 3 aromatic carbocycles. The largest absolute Gasteiger partial charge is 0.494 e. The molecule has 0 aliphatic carbocycles. The highest BCUT2D eigenvalue weighted by Gasteiger charge is 2.13. The first kappa shape index (κ1) is 19.6. The molecule has 0 aliphatic rings. The van der Waals surface area contributed by atoms with Crippen LogP contribution in [0.3, 0.4) is 0 Å². The van der Waals surface area contributed by atoms with Crippen molar-refractivity contribution in [2.24, 2.45) is 0 Å². The molecule has 0 aliphatic heterocycles. The van der Waals surface area contributed by atoms with Crippen LogP contribution < -0.4 is 4.74 Å². The Balaban J connectivity index is 1.42. The first-order chi connectivity index (χ1) is 13.6. The highest BCUT2D eigenvalue weighted by Crippen LogP contribution is 2.22. The van der Waals surface area contributed by atoms with E-state index in [0.717, 1.165) is 29.7 Å². The highest BCUT2D eigenvalue weighted by atomic mass is 16.5. The third-order valence-corrected chi connectivity index (χ3v) is 4.58. The van der Waals surface area contributed by atoms with Crippen LogP contribution in [-0.2, 0) is 17.6 Å². The van der Waals surface area contributed by atoms with Crippen molar-refractivity contribution in [3.8, 4) is 16.9 Å². The normalized spacial score (nSPS) is 11.8. The minimum Gasteiger partial charge on any atom is -0.494 e. The number of aliphatic hydroxyl groups excluding tert-OH is 1. The van der Waals surface area contributed by atoms with E-state index in [9.17, 15) is 9.90 Å². The quantitative estimate of drug-likeness (QED) is 0.545. The van der Waals surface area contributed by atoms with Crippen LogP contribution in [0.5, 0.6) is 5.75 Å². The van der Waals surface area contributed by atoms with Crippen molar-refractivity contribution in [1.29, 1.82) is 0 Å². The van der Waals surface area contributed by atoms with Crippen molar-refractivity contribution >= 4 is 5.97 Å². The van der Waals surface area contributed by atoms with Crippen LogP contribution in [0.15, 0.2) is 78.9 Å². The van der Waals surface area contributed by atoms with E-state index in [1.807, 2.05) is 54.6 Å². The molecule has 4 nitrogen and oxygen atoms in total. The van der Waals surface area contributed by atoms with Gasteiger partial charge in [-0.05, 0) is 47.2 Å². The molecule has 28 heavy (non-hydrogen) atoms. The maximum absolute atomic E-state index is 10.7. The van der Waals surface area contributed by atoms with E-state index < -0.39 is 12.1 Å². The molecule has 0 heterocycles. The zero-order chi connectivity index (χ0) is 19.8. The van der Waals surface area contributed by atoms with Crippen molar-refractivity contribution in [2.45, 2.75) is 25.4 Å². The number of carbonyl (C=O) groups is 1. The van der Waals surface area contributed by atoms with E-state index in [2.05, 4.69) is 24.3 Å². The van der Waals surface area contributed by atoms with Crippen molar-refractivity contribution in [3.63, 3.8) is 0 Å². The average Bonchev–Trinajstić information content (AvgIpc) is 2.73. The Bertz CT molecular complexity index is 871. The number of carboxylic acid groups (broad SMARTS) is 1. The molecule has 1 atom stereocenters. The number of ether oxygens (including phenoxy) is 1. The van der Waals surface area contributed by atoms with Crippen LogP contribution in [0, 0.1) is 0 Å².